The first-order valence-corrected chi connectivity index (χ1v) is 4.01. The smallest absolute Gasteiger partial charge is 0.248 e. The number of aryl methyl sites for hydroxylation is 2. The van der Waals surface area contributed by atoms with Crippen LogP contribution in [-0.4, -0.2) is 15.2 Å². The number of nitrogens with zero attached hydrogens (tertiary/aromatic N) is 2. The summed E-state index contributed by atoms with van der Waals surface area (Å²) >= 11 is 0. The van der Waals surface area contributed by atoms with Gasteiger partial charge in [-0.3, -0.25) is 4.79 Å². The third-order valence-corrected chi connectivity index (χ3v) is 2.02. The number of pyridine rings is 1. The molecule has 2 heterocycles. The number of fused-ring (bicyclic) bond motifs is 1. The topological polar surface area (TPSA) is 58.6 Å². The lowest BCUT2D eigenvalue weighted by molar-refractivity contribution is 0.956. The summed E-state index contributed by atoms with van der Waals surface area (Å²) in [6.45, 7) is 3.69. The average molecular weight is 175 g/mol. The van der Waals surface area contributed by atoms with E-state index < -0.39 is 0 Å². The number of aromatic nitrogens is 3. The molecular weight excluding hydrogens is 166 g/mol. The summed E-state index contributed by atoms with van der Waals surface area (Å²) in [4.78, 5) is 13.8. The maximum absolute atomic E-state index is 11.0. The van der Waals surface area contributed by atoms with E-state index in [1.54, 1.807) is 6.07 Å². The first-order valence-electron chi connectivity index (χ1n) is 4.01. The van der Waals surface area contributed by atoms with Crippen LogP contribution < -0.4 is 5.56 Å². The lowest BCUT2D eigenvalue weighted by Crippen LogP contribution is -2.05. The molecule has 0 atom stereocenters. The zero-order valence-electron chi connectivity index (χ0n) is 7.46. The van der Waals surface area contributed by atoms with Crippen molar-refractivity contribution in [2.45, 2.75) is 13.8 Å². The van der Waals surface area contributed by atoms with Crippen molar-refractivity contribution in [3.05, 3.63) is 33.9 Å². The SMILES string of the molecule is Cc1nnc(C)c2[nH]c(=O)ccc12. The first kappa shape index (κ1) is 7.91. The molecule has 0 bridgehead atoms. The molecule has 4 heteroatoms. The standard InChI is InChI=1S/C9H9N3O/c1-5-7-3-4-8(13)10-9(7)6(2)12-11-5/h3-4H,1-2H3,(H,10,13). The van der Waals surface area contributed by atoms with E-state index in [9.17, 15) is 4.79 Å². The molecule has 0 aliphatic heterocycles. The summed E-state index contributed by atoms with van der Waals surface area (Å²) < 4.78 is 0. The minimum absolute atomic E-state index is 0.108. The van der Waals surface area contributed by atoms with E-state index in [-0.39, 0.29) is 5.56 Å². The van der Waals surface area contributed by atoms with Crippen LogP contribution in [0.4, 0.5) is 0 Å². The summed E-state index contributed by atoms with van der Waals surface area (Å²) in [5, 5.41) is 8.84. The highest BCUT2D eigenvalue weighted by atomic mass is 16.1. The monoisotopic (exact) mass is 175 g/mol. The molecule has 0 aliphatic rings. The Kier molecular flexibility index (Phi) is 1.62. The van der Waals surface area contributed by atoms with Gasteiger partial charge in [-0.05, 0) is 19.9 Å². The van der Waals surface area contributed by atoms with Gasteiger partial charge in [-0.1, -0.05) is 0 Å². The van der Waals surface area contributed by atoms with Gasteiger partial charge in [-0.2, -0.15) is 10.2 Å². The Morgan fingerprint density at radius 2 is 1.85 bits per heavy atom. The molecule has 0 amide bonds. The van der Waals surface area contributed by atoms with Gasteiger partial charge in [0.2, 0.25) is 5.56 Å². The number of aromatic amines is 1. The van der Waals surface area contributed by atoms with Crippen molar-refractivity contribution < 1.29 is 0 Å². The molecule has 66 valence electrons. The van der Waals surface area contributed by atoms with Crippen LogP contribution in [0.2, 0.25) is 0 Å². The Morgan fingerprint density at radius 1 is 1.15 bits per heavy atom. The van der Waals surface area contributed by atoms with Crippen LogP contribution in [0.25, 0.3) is 10.9 Å². The van der Waals surface area contributed by atoms with E-state index in [0.29, 0.717) is 0 Å². The maximum atomic E-state index is 11.0. The van der Waals surface area contributed by atoms with Crippen molar-refractivity contribution in [2.24, 2.45) is 0 Å². The third kappa shape index (κ3) is 1.20. The Balaban J connectivity index is 3.00. The lowest BCUT2D eigenvalue weighted by atomic mass is 10.2. The Hall–Kier alpha value is -1.71. The summed E-state index contributed by atoms with van der Waals surface area (Å²) in [6, 6.07) is 3.27. The Morgan fingerprint density at radius 3 is 2.62 bits per heavy atom. The van der Waals surface area contributed by atoms with Gasteiger partial charge in [-0.25, -0.2) is 0 Å². The molecule has 0 aromatic carbocycles. The third-order valence-electron chi connectivity index (χ3n) is 2.02. The summed E-state index contributed by atoms with van der Waals surface area (Å²) in [5.74, 6) is 0. The lowest BCUT2D eigenvalue weighted by Gasteiger charge is -2.01. The molecule has 0 saturated heterocycles. The molecule has 1 N–H and O–H groups in total. The van der Waals surface area contributed by atoms with Crippen LogP contribution in [-0.2, 0) is 0 Å². The van der Waals surface area contributed by atoms with Gasteiger partial charge in [0.15, 0.2) is 0 Å². The maximum Gasteiger partial charge on any atom is 0.248 e. The normalized spacial score (nSPS) is 10.6. The zero-order valence-corrected chi connectivity index (χ0v) is 7.46. The molecule has 0 saturated carbocycles. The predicted molar refractivity (Wildman–Crippen MR) is 49.6 cm³/mol. The van der Waals surface area contributed by atoms with Crippen molar-refractivity contribution in [1.29, 1.82) is 0 Å². The fraction of sp³-hybridized carbons (Fsp3) is 0.222. The molecule has 2 aromatic rings. The molecule has 2 rings (SSSR count). The quantitative estimate of drug-likeness (QED) is 0.648. The average Bonchev–Trinajstić information content (AvgIpc) is 2.12. The van der Waals surface area contributed by atoms with Crippen LogP contribution in [0.5, 0.6) is 0 Å². The second-order valence-corrected chi connectivity index (χ2v) is 2.98. The second-order valence-electron chi connectivity index (χ2n) is 2.98. The second kappa shape index (κ2) is 2.65. The van der Waals surface area contributed by atoms with Crippen LogP contribution in [0.15, 0.2) is 16.9 Å². The van der Waals surface area contributed by atoms with E-state index in [2.05, 4.69) is 15.2 Å². The van der Waals surface area contributed by atoms with E-state index in [1.165, 1.54) is 6.07 Å². The molecule has 2 aromatic heterocycles. The predicted octanol–water partition coefficient (Wildman–Crippen LogP) is 0.935. The highest BCUT2D eigenvalue weighted by Crippen LogP contribution is 2.13. The van der Waals surface area contributed by atoms with E-state index in [4.69, 9.17) is 0 Å². The van der Waals surface area contributed by atoms with E-state index >= 15 is 0 Å². The van der Waals surface area contributed by atoms with Crippen molar-refractivity contribution in [3.8, 4) is 0 Å². The van der Waals surface area contributed by atoms with Crippen molar-refractivity contribution in [2.75, 3.05) is 0 Å². The fourth-order valence-corrected chi connectivity index (χ4v) is 1.32. The highest BCUT2D eigenvalue weighted by Gasteiger charge is 2.02. The number of hydrogen-bond donors (Lipinski definition) is 1. The van der Waals surface area contributed by atoms with Gasteiger partial charge < -0.3 is 4.98 Å². The van der Waals surface area contributed by atoms with Crippen LogP contribution in [0.3, 0.4) is 0 Å². The first-order chi connectivity index (χ1) is 6.18. The molecule has 0 unspecified atom stereocenters. The molecule has 0 radical (unpaired) electrons. The molecule has 0 fully saturated rings. The largest absolute Gasteiger partial charge is 0.320 e. The molecular formula is C9H9N3O. The minimum atomic E-state index is -0.108. The van der Waals surface area contributed by atoms with Gasteiger partial charge in [0.1, 0.15) is 0 Å². The Labute approximate surface area is 74.6 Å². The van der Waals surface area contributed by atoms with Crippen LogP contribution >= 0.6 is 0 Å². The molecule has 13 heavy (non-hydrogen) atoms. The number of nitrogens with one attached hydrogen (secondary N) is 1. The van der Waals surface area contributed by atoms with Gasteiger partial charge in [0.05, 0.1) is 16.9 Å². The number of H-pyrrole nitrogens is 1. The van der Waals surface area contributed by atoms with Crippen LogP contribution in [0.1, 0.15) is 11.4 Å². The van der Waals surface area contributed by atoms with Gasteiger partial charge in [-0.15, -0.1) is 0 Å². The number of hydrogen-bond acceptors (Lipinski definition) is 3. The molecule has 4 nitrogen and oxygen atoms in total. The van der Waals surface area contributed by atoms with Gasteiger partial charge >= 0.3 is 0 Å². The molecule has 0 spiro atoms. The van der Waals surface area contributed by atoms with Gasteiger partial charge in [0.25, 0.3) is 0 Å². The van der Waals surface area contributed by atoms with E-state index in [0.717, 1.165) is 22.3 Å². The summed E-state index contributed by atoms with van der Waals surface area (Å²) in [6.07, 6.45) is 0. The number of rotatable bonds is 0. The Bertz CT molecular complexity index is 516. The van der Waals surface area contributed by atoms with E-state index in [1.807, 2.05) is 13.8 Å². The minimum Gasteiger partial charge on any atom is -0.320 e. The summed E-state index contributed by atoms with van der Waals surface area (Å²) in [5.41, 5.74) is 2.25. The van der Waals surface area contributed by atoms with Crippen molar-refractivity contribution in [1.82, 2.24) is 15.2 Å². The van der Waals surface area contributed by atoms with Gasteiger partial charge in [0, 0.05) is 11.5 Å². The molecule has 0 aliphatic carbocycles. The van der Waals surface area contributed by atoms with Crippen molar-refractivity contribution >= 4 is 10.9 Å². The summed E-state index contributed by atoms with van der Waals surface area (Å²) in [7, 11) is 0. The van der Waals surface area contributed by atoms with Crippen molar-refractivity contribution in [3.63, 3.8) is 0 Å². The van der Waals surface area contributed by atoms with Crippen LogP contribution in [0, 0.1) is 13.8 Å². The zero-order chi connectivity index (χ0) is 9.42. The fourth-order valence-electron chi connectivity index (χ4n) is 1.32. The highest BCUT2D eigenvalue weighted by molar-refractivity contribution is 5.81.